The van der Waals surface area contributed by atoms with Gasteiger partial charge in [-0.1, -0.05) is 23.7 Å². The third kappa shape index (κ3) is 2.89. The van der Waals surface area contributed by atoms with Crippen LogP contribution < -0.4 is 4.74 Å². The Morgan fingerprint density at radius 2 is 1.71 bits per heavy atom. The molecule has 0 aliphatic carbocycles. The molecule has 0 saturated carbocycles. The van der Waals surface area contributed by atoms with Crippen LogP contribution in [0.4, 0.5) is 10.2 Å². The van der Waals surface area contributed by atoms with Gasteiger partial charge in [0.05, 0.1) is 5.02 Å². The van der Waals surface area contributed by atoms with Crippen LogP contribution in [0.1, 0.15) is 0 Å². The SMILES string of the molecule is N=Nc1ccc(-n2c(O)c3ccccc3c2O)c(Oc2cc(F)ccc2Cl)n1. The molecule has 0 fully saturated rings. The van der Waals surface area contributed by atoms with Crippen molar-refractivity contribution in [2.75, 3.05) is 0 Å². The molecule has 28 heavy (non-hydrogen) atoms. The molecular weight excluding hydrogens is 387 g/mol. The van der Waals surface area contributed by atoms with Crippen molar-refractivity contribution < 1.29 is 19.3 Å². The van der Waals surface area contributed by atoms with E-state index in [4.69, 9.17) is 21.9 Å². The molecule has 0 unspecified atom stereocenters. The molecule has 140 valence electrons. The molecule has 4 aromatic rings. The van der Waals surface area contributed by atoms with Gasteiger partial charge < -0.3 is 14.9 Å². The minimum absolute atomic E-state index is 0.0157. The summed E-state index contributed by atoms with van der Waals surface area (Å²) in [6, 6.07) is 13.2. The fraction of sp³-hybridized carbons (Fsp3) is 0. The Labute approximate surface area is 162 Å². The fourth-order valence-corrected chi connectivity index (χ4v) is 2.99. The van der Waals surface area contributed by atoms with E-state index in [0.29, 0.717) is 10.8 Å². The molecule has 3 N–H and O–H groups in total. The smallest absolute Gasteiger partial charge is 0.246 e. The zero-order valence-corrected chi connectivity index (χ0v) is 14.9. The van der Waals surface area contributed by atoms with Gasteiger partial charge in [0.2, 0.25) is 17.6 Å². The summed E-state index contributed by atoms with van der Waals surface area (Å²) in [6.45, 7) is 0. The molecule has 2 aromatic carbocycles. The summed E-state index contributed by atoms with van der Waals surface area (Å²) in [7, 11) is 0. The van der Waals surface area contributed by atoms with Crippen molar-refractivity contribution in [3.8, 4) is 29.1 Å². The van der Waals surface area contributed by atoms with Crippen molar-refractivity contribution in [1.29, 1.82) is 5.53 Å². The quantitative estimate of drug-likeness (QED) is 0.384. The number of fused-ring (bicyclic) bond motifs is 1. The highest BCUT2D eigenvalue weighted by molar-refractivity contribution is 6.32. The lowest BCUT2D eigenvalue weighted by atomic mass is 10.2. The Balaban J connectivity index is 1.94. The molecule has 0 amide bonds. The van der Waals surface area contributed by atoms with E-state index in [1.807, 2.05) is 0 Å². The summed E-state index contributed by atoms with van der Waals surface area (Å²) in [5, 5.41) is 25.5. The van der Waals surface area contributed by atoms with Crippen LogP contribution in [0.3, 0.4) is 0 Å². The van der Waals surface area contributed by atoms with E-state index in [1.54, 1.807) is 24.3 Å². The third-order valence-electron chi connectivity index (χ3n) is 4.11. The normalized spacial score (nSPS) is 10.9. The molecule has 0 aliphatic heterocycles. The second-order valence-corrected chi connectivity index (χ2v) is 6.22. The van der Waals surface area contributed by atoms with Crippen molar-refractivity contribution in [1.82, 2.24) is 9.55 Å². The molecule has 2 aromatic heterocycles. The maximum Gasteiger partial charge on any atom is 0.246 e. The highest BCUT2D eigenvalue weighted by Gasteiger charge is 2.21. The van der Waals surface area contributed by atoms with Crippen LogP contribution in [0.15, 0.2) is 59.7 Å². The van der Waals surface area contributed by atoms with E-state index >= 15 is 0 Å². The molecule has 9 heteroatoms. The Kier molecular flexibility index (Phi) is 4.32. The third-order valence-corrected chi connectivity index (χ3v) is 4.43. The molecule has 0 bridgehead atoms. The number of pyridine rings is 1. The summed E-state index contributed by atoms with van der Waals surface area (Å²) in [4.78, 5) is 4.09. The highest BCUT2D eigenvalue weighted by Crippen LogP contribution is 2.42. The van der Waals surface area contributed by atoms with Crippen molar-refractivity contribution in [3.63, 3.8) is 0 Å². The van der Waals surface area contributed by atoms with Gasteiger partial charge in [-0.25, -0.2) is 14.5 Å². The largest absolute Gasteiger partial charge is 0.494 e. The van der Waals surface area contributed by atoms with Crippen LogP contribution in [0.2, 0.25) is 5.02 Å². The maximum atomic E-state index is 13.6. The van der Waals surface area contributed by atoms with E-state index in [0.717, 1.165) is 10.6 Å². The van der Waals surface area contributed by atoms with Crippen LogP contribution in [0.25, 0.3) is 16.5 Å². The predicted molar refractivity (Wildman–Crippen MR) is 101 cm³/mol. The number of nitrogens with zero attached hydrogens (tertiary/aromatic N) is 3. The molecule has 2 heterocycles. The second kappa shape index (κ2) is 6.82. The molecule has 0 spiro atoms. The number of hydrogen-bond acceptors (Lipinski definition) is 6. The summed E-state index contributed by atoms with van der Waals surface area (Å²) in [6.07, 6.45) is 0. The Morgan fingerprint density at radius 3 is 2.36 bits per heavy atom. The molecule has 7 nitrogen and oxygen atoms in total. The monoisotopic (exact) mass is 398 g/mol. The fourth-order valence-electron chi connectivity index (χ4n) is 2.83. The summed E-state index contributed by atoms with van der Waals surface area (Å²) in [5.41, 5.74) is 7.31. The minimum atomic E-state index is -0.570. The van der Waals surface area contributed by atoms with Crippen LogP contribution in [-0.2, 0) is 0 Å². The Hall–Kier alpha value is -3.65. The standard InChI is InChI=1S/C19H12ClFN4O3/c20-13-6-5-10(21)9-15(13)28-17-14(7-8-16(23-17)24-22)25-18(26)11-3-1-2-4-12(11)19(25)27/h1-9,22,26-27H. The van der Waals surface area contributed by atoms with Crippen LogP contribution >= 0.6 is 11.6 Å². The van der Waals surface area contributed by atoms with E-state index in [-0.39, 0.29) is 39.9 Å². The number of rotatable bonds is 4. The minimum Gasteiger partial charge on any atom is -0.494 e. The number of ether oxygens (including phenoxy) is 1. The zero-order chi connectivity index (χ0) is 19.8. The summed E-state index contributed by atoms with van der Waals surface area (Å²) >= 11 is 6.06. The summed E-state index contributed by atoms with van der Waals surface area (Å²) in [5.74, 6) is -1.18. The number of aromatic nitrogens is 2. The van der Waals surface area contributed by atoms with E-state index in [1.165, 1.54) is 24.3 Å². The average molecular weight is 399 g/mol. The van der Waals surface area contributed by atoms with Crippen molar-refractivity contribution in [2.45, 2.75) is 0 Å². The van der Waals surface area contributed by atoms with E-state index in [2.05, 4.69) is 10.1 Å². The van der Waals surface area contributed by atoms with Gasteiger partial charge in [0.1, 0.15) is 11.5 Å². The first-order valence-corrected chi connectivity index (χ1v) is 8.40. The second-order valence-electron chi connectivity index (χ2n) is 5.81. The van der Waals surface area contributed by atoms with Crippen LogP contribution in [-0.4, -0.2) is 19.8 Å². The molecule has 0 radical (unpaired) electrons. The lowest BCUT2D eigenvalue weighted by molar-refractivity contribution is 0.398. The summed E-state index contributed by atoms with van der Waals surface area (Å²) < 4.78 is 20.4. The zero-order valence-electron chi connectivity index (χ0n) is 14.1. The van der Waals surface area contributed by atoms with Gasteiger partial charge in [0.15, 0.2) is 11.6 Å². The number of benzene rings is 2. The number of halogens is 2. The molecule has 0 atom stereocenters. The lowest BCUT2D eigenvalue weighted by Crippen LogP contribution is -1.99. The van der Waals surface area contributed by atoms with Crippen molar-refractivity contribution >= 4 is 28.2 Å². The number of nitrogens with one attached hydrogen (secondary N) is 1. The molecule has 0 aliphatic rings. The molecule has 0 saturated heterocycles. The Bertz CT molecular complexity index is 1190. The first kappa shape index (κ1) is 17.7. The van der Waals surface area contributed by atoms with Crippen molar-refractivity contribution in [3.05, 3.63) is 65.4 Å². The van der Waals surface area contributed by atoms with E-state index in [9.17, 15) is 14.6 Å². The van der Waals surface area contributed by atoms with Crippen molar-refractivity contribution in [2.24, 2.45) is 5.11 Å². The first-order chi connectivity index (χ1) is 13.5. The average Bonchev–Trinajstić information content (AvgIpc) is 2.95. The first-order valence-electron chi connectivity index (χ1n) is 8.02. The lowest BCUT2D eigenvalue weighted by Gasteiger charge is -2.14. The van der Waals surface area contributed by atoms with E-state index < -0.39 is 5.82 Å². The van der Waals surface area contributed by atoms with Gasteiger partial charge in [-0.3, -0.25) is 0 Å². The highest BCUT2D eigenvalue weighted by atomic mass is 35.5. The van der Waals surface area contributed by atoms with Gasteiger partial charge in [-0.15, -0.1) is 5.11 Å². The molecule has 4 rings (SSSR count). The number of aromatic hydroxyl groups is 2. The Morgan fingerprint density at radius 1 is 1.04 bits per heavy atom. The topological polar surface area (TPSA) is 104 Å². The number of hydrogen-bond donors (Lipinski definition) is 3. The van der Waals surface area contributed by atoms with Gasteiger partial charge in [-0.05, 0) is 36.4 Å². The van der Waals surface area contributed by atoms with Gasteiger partial charge in [-0.2, -0.15) is 4.98 Å². The van der Waals surface area contributed by atoms with Crippen LogP contribution in [0.5, 0.6) is 23.4 Å². The van der Waals surface area contributed by atoms with Gasteiger partial charge >= 0.3 is 0 Å². The van der Waals surface area contributed by atoms with Gasteiger partial charge in [0, 0.05) is 16.8 Å². The molecular formula is C19H12ClFN4O3. The van der Waals surface area contributed by atoms with Crippen LogP contribution in [0, 0.1) is 11.3 Å². The predicted octanol–water partition coefficient (Wildman–Crippen LogP) is 5.68. The maximum absolute atomic E-state index is 13.6. The van der Waals surface area contributed by atoms with Gasteiger partial charge in [0.25, 0.3) is 0 Å².